The van der Waals surface area contributed by atoms with Gasteiger partial charge in [0, 0.05) is 6.42 Å². The highest BCUT2D eigenvalue weighted by atomic mass is 16.4. The number of aromatic nitrogens is 1. The molecule has 0 bridgehead atoms. The van der Waals surface area contributed by atoms with Gasteiger partial charge < -0.3 is 14.8 Å². The van der Waals surface area contributed by atoms with E-state index in [0.29, 0.717) is 5.89 Å². The predicted molar refractivity (Wildman–Crippen MR) is 69.9 cm³/mol. The zero-order valence-corrected chi connectivity index (χ0v) is 10.9. The Morgan fingerprint density at radius 2 is 2.26 bits per heavy atom. The summed E-state index contributed by atoms with van der Waals surface area (Å²) in [5.74, 6) is 0.854. The number of amides is 1. The van der Waals surface area contributed by atoms with Crippen LogP contribution in [0.4, 0.5) is 0 Å². The molecule has 0 aliphatic carbocycles. The van der Waals surface area contributed by atoms with E-state index in [0.717, 1.165) is 17.7 Å². The number of hydrogen-bond acceptors (Lipinski definition) is 4. The summed E-state index contributed by atoms with van der Waals surface area (Å²) < 4.78 is 5.38. The molecule has 0 saturated heterocycles. The van der Waals surface area contributed by atoms with E-state index in [2.05, 4.69) is 10.3 Å². The molecule has 0 unspecified atom stereocenters. The van der Waals surface area contributed by atoms with Crippen LogP contribution in [0.15, 0.2) is 28.8 Å². The zero-order chi connectivity index (χ0) is 13.8. The third kappa shape index (κ3) is 3.13. The maximum Gasteiger partial charge on any atom is 0.255 e. The molecule has 0 radical (unpaired) electrons. The number of carbonyl (C=O) groups is 1. The highest BCUT2D eigenvalue weighted by molar-refractivity contribution is 5.96. The zero-order valence-electron chi connectivity index (χ0n) is 10.9. The number of carbonyl (C=O) groups excluding carboxylic acids is 1. The Hall–Kier alpha value is -2.30. The van der Waals surface area contributed by atoms with Gasteiger partial charge in [-0.15, -0.1) is 0 Å². The summed E-state index contributed by atoms with van der Waals surface area (Å²) in [4.78, 5) is 15.9. The Morgan fingerprint density at radius 3 is 2.89 bits per heavy atom. The summed E-state index contributed by atoms with van der Waals surface area (Å²) >= 11 is 0. The molecule has 2 aromatic rings. The molecule has 0 fully saturated rings. The van der Waals surface area contributed by atoms with Gasteiger partial charge >= 0.3 is 0 Å². The van der Waals surface area contributed by atoms with Gasteiger partial charge in [0.15, 0.2) is 0 Å². The van der Waals surface area contributed by atoms with Gasteiger partial charge in [-0.3, -0.25) is 4.79 Å². The van der Waals surface area contributed by atoms with Gasteiger partial charge in [0.2, 0.25) is 5.89 Å². The number of aromatic hydroxyl groups is 1. The first-order valence-corrected chi connectivity index (χ1v) is 6.11. The topological polar surface area (TPSA) is 75.4 Å². The number of phenols is 1. The first-order valence-electron chi connectivity index (χ1n) is 6.11. The molecule has 0 aliphatic heterocycles. The molecule has 1 aromatic carbocycles. The lowest BCUT2D eigenvalue weighted by atomic mass is 10.1. The Balaban J connectivity index is 2.01. The van der Waals surface area contributed by atoms with Crippen LogP contribution in [0.1, 0.15) is 34.5 Å². The van der Waals surface area contributed by atoms with Gasteiger partial charge in [-0.1, -0.05) is 13.0 Å². The maximum absolute atomic E-state index is 11.9. The van der Waals surface area contributed by atoms with Crippen LogP contribution < -0.4 is 5.32 Å². The second-order valence-electron chi connectivity index (χ2n) is 4.28. The summed E-state index contributed by atoms with van der Waals surface area (Å²) in [6.45, 7) is 4.01. The fourth-order valence-corrected chi connectivity index (χ4v) is 1.68. The van der Waals surface area contributed by atoms with Crippen molar-refractivity contribution >= 4 is 5.91 Å². The predicted octanol–water partition coefficient (Wildman–Crippen LogP) is 2.18. The molecule has 0 atom stereocenters. The number of nitrogens with one attached hydrogen (secondary N) is 1. The molecule has 19 heavy (non-hydrogen) atoms. The van der Waals surface area contributed by atoms with Gasteiger partial charge in [-0.25, -0.2) is 4.98 Å². The number of nitrogens with zero attached hydrogens (tertiary/aromatic N) is 1. The molecule has 100 valence electrons. The van der Waals surface area contributed by atoms with Crippen molar-refractivity contribution in [2.24, 2.45) is 0 Å². The van der Waals surface area contributed by atoms with E-state index in [-0.39, 0.29) is 23.8 Å². The maximum atomic E-state index is 11.9. The smallest absolute Gasteiger partial charge is 0.255 e. The van der Waals surface area contributed by atoms with Crippen molar-refractivity contribution in [1.82, 2.24) is 10.3 Å². The van der Waals surface area contributed by atoms with Crippen molar-refractivity contribution in [3.05, 3.63) is 47.2 Å². The Morgan fingerprint density at radius 1 is 1.47 bits per heavy atom. The van der Waals surface area contributed by atoms with Crippen LogP contribution in [-0.4, -0.2) is 16.0 Å². The molecular weight excluding hydrogens is 244 g/mol. The van der Waals surface area contributed by atoms with Gasteiger partial charge in [0.25, 0.3) is 5.91 Å². The van der Waals surface area contributed by atoms with E-state index < -0.39 is 0 Å². The highest BCUT2D eigenvalue weighted by Gasteiger charge is 2.12. The van der Waals surface area contributed by atoms with Gasteiger partial charge in [0.1, 0.15) is 11.5 Å². The van der Waals surface area contributed by atoms with Crippen LogP contribution in [0.2, 0.25) is 0 Å². The van der Waals surface area contributed by atoms with E-state index in [4.69, 9.17) is 4.42 Å². The fourth-order valence-electron chi connectivity index (χ4n) is 1.68. The number of oxazole rings is 1. The van der Waals surface area contributed by atoms with E-state index >= 15 is 0 Å². The molecule has 2 N–H and O–H groups in total. The van der Waals surface area contributed by atoms with Crippen LogP contribution in [0.25, 0.3) is 0 Å². The van der Waals surface area contributed by atoms with Crippen molar-refractivity contribution in [3.63, 3.8) is 0 Å². The number of benzene rings is 1. The van der Waals surface area contributed by atoms with Gasteiger partial charge in [0.05, 0.1) is 18.3 Å². The Bertz CT molecular complexity index is 590. The quantitative estimate of drug-likeness (QED) is 0.883. The molecule has 0 spiro atoms. The van der Waals surface area contributed by atoms with E-state index in [1.54, 1.807) is 24.4 Å². The largest absolute Gasteiger partial charge is 0.507 e. The molecule has 0 aliphatic rings. The first-order chi connectivity index (χ1) is 9.10. The van der Waals surface area contributed by atoms with Crippen molar-refractivity contribution in [2.45, 2.75) is 26.8 Å². The van der Waals surface area contributed by atoms with Crippen LogP contribution >= 0.6 is 0 Å². The van der Waals surface area contributed by atoms with Crippen LogP contribution in [0, 0.1) is 6.92 Å². The number of phenolic OH excluding ortho intramolecular Hbond substituents is 1. The normalized spacial score (nSPS) is 10.4. The lowest BCUT2D eigenvalue weighted by Crippen LogP contribution is -2.23. The van der Waals surface area contributed by atoms with E-state index in [1.165, 1.54) is 0 Å². The van der Waals surface area contributed by atoms with Crippen molar-refractivity contribution in [3.8, 4) is 5.75 Å². The molecule has 2 rings (SSSR count). The summed E-state index contributed by atoms with van der Waals surface area (Å²) in [6, 6.07) is 4.91. The van der Waals surface area contributed by atoms with Crippen molar-refractivity contribution < 1.29 is 14.3 Å². The minimum Gasteiger partial charge on any atom is -0.507 e. The molecule has 1 amide bonds. The lowest BCUT2D eigenvalue weighted by molar-refractivity contribution is 0.0944. The number of aryl methyl sites for hydroxylation is 2. The molecule has 1 aromatic heterocycles. The highest BCUT2D eigenvalue weighted by Crippen LogP contribution is 2.18. The first kappa shape index (κ1) is 13.1. The SMILES string of the molecule is CCc1cnc(CNC(=O)c2ccc(C)cc2O)o1. The second kappa shape index (κ2) is 5.56. The molecule has 0 saturated carbocycles. The minimum absolute atomic E-state index is 0.0286. The van der Waals surface area contributed by atoms with Gasteiger partial charge in [-0.2, -0.15) is 0 Å². The summed E-state index contributed by atoms with van der Waals surface area (Å²) in [7, 11) is 0. The van der Waals surface area contributed by atoms with Crippen LogP contribution in [0.3, 0.4) is 0 Å². The Kier molecular flexibility index (Phi) is 3.85. The molecule has 5 nitrogen and oxygen atoms in total. The second-order valence-corrected chi connectivity index (χ2v) is 4.28. The number of rotatable bonds is 4. The monoisotopic (exact) mass is 260 g/mol. The van der Waals surface area contributed by atoms with Gasteiger partial charge in [-0.05, 0) is 24.6 Å². The summed E-state index contributed by atoms with van der Waals surface area (Å²) in [5, 5.41) is 12.4. The third-order valence-corrected chi connectivity index (χ3v) is 2.75. The van der Waals surface area contributed by atoms with E-state index in [9.17, 15) is 9.90 Å². The lowest BCUT2D eigenvalue weighted by Gasteiger charge is -2.05. The van der Waals surface area contributed by atoms with E-state index in [1.807, 2.05) is 13.8 Å². The standard InChI is InChI=1S/C14H16N2O3/c1-3-10-7-15-13(19-10)8-16-14(18)11-5-4-9(2)6-12(11)17/h4-7,17H,3,8H2,1-2H3,(H,16,18). The van der Waals surface area contributed by atoms with Crippen molar-refractivity contribution in [2.75, 3.05) is 0 Å². The fraction of sp³-hybridized carbons (Fsp3) is 0.286. The number of hydrogen-bond donors (Lipinski definition) is 2. The molecular formula is C14H16N2O3. The van der Waals surface area contributed by atoms with Crippen molar-refractivity contribution in [1.29, 1.82) is 0 Å². The average Bonchev–Trinajstić information content (AvgIpc) is 2.84. The molecule has 5 heteroatoms. The third-order valence-electron chi connectivity index (χ3n) is 2.75. The Labute approximate surface area is 111 Å². The summed E-state index contributed by atoms with van der Waals surface area (Å²) in [6.07, 6.45) is 2.41. The minimum atomic E-state index is -0.353. The average molecular weight is 260 g/mol. The van der Waals surface area contributed by atoms with Crippen LogP contribution in [0.5, 0.6) is 5.75 Å². The summed E-state index contributed by atoms with van der Waals surface area (Å²) in [5.41, 5.74) is 1.14. The van der Waals surface area contributed by atoms with Crippen LogP contribution in [-0.2, 0) is 13.0 Å². The molecule has 1 heterocycles.